The summed E-state index contributed by atoms with van der Waals surface area (Å²) in [5.41, 5.74) is 0. The first-order chi connectivity index (χ1) is 4.68. The minimum absolute atomic E-state index is 0.00921. The monoisotopic (exact) mass is 146 g/mol. The van der Waals surface area contributed by atoms with E-state index in [1.54, 1.807) is 6.92 Å². The predicted molar refractivity (Wildman–Crippen MR) is 42.8 cm³/mol. The summed E-state index contributed by atoms with van der Waals surface area (Å²) in [5, 5.41) is 0. The Morgan fingerprint density at radius 1 is 1.40 bits per heavy atom. The van der Waals surface area contributed by atoms with Gasteiger partial charge in [0.15, 0.2) is 0 Å². The van der Waals surface area contributed by atoms with E-state index in [9.17, 15) is 4.79 Å². The topological polar surface area (TPSA) is 26.3 Å². The first-order valence-electron chi connectivity index (χ1n) is 3.85. The molecule has 0 saturated heterocycles. The fourth-order valence-electron chi connectivity index (χ4n) is 0.309. The largest absolute Gasteiger partial charge is 0.466 e. The second-order valence-corrected chi connectivity index (χ2v) is 1.91. The summed E-state index contributed by atoms with van der Waals surface area (Å²) >= 11 is 0. The average Bonchev–Trinajstić information content (AvgIpc) is 1.93. The van der Waals surface area contributed by atoms with Gasteiger partial charge in [-0.3, -0.25) is 4.79 Å². The molecule has 0 N–H and O–H groups in total. The van der Waals surface area contributed by atoms with Crippen molar-refractivity contribution >= 4 is 5.97 Å². The van der Waals surface area contributed by atoms with Crippen LogP contribution in [0.5, 0.6) is 0 Å². The first-order valence-corrected chi connectivity index (χ1v) is 3.85. The molecular weight excluding hydrogens is 128 g/mol. The van der Waals surface area contributed by atoms with E-state index >= 15 is 0 Å². The van der Waals surface area contributed by atoms with E-state index in [1.807, 2.05) is 27.7 Å². The highest BCUT2D eigenvalue weighted by molar-refractivity contribution is 5.71. The van der Waals surface area contributed by atoms with E-state index in [4.69, 9.17) is 0 Å². The number of carbonyl (C=O) groups excluding carboxylic acids is 1. The van der Waals surface area contributed by atoms with Gasteiger partial charge in [0.05, 0.1) is 12.5 Å². The van der Waals surface area contributed by atoms with Crippen molar-refractivity contribution in [3.63, 3.8) is 0 Å². The third kappa shape index (κ3) is 7.47. The van der Waals surface area contributed by atoms with Gasteiger partial charge in [0.2, 0.25) is 0 Å². The lowest BCUT2D eigenvalue weighted by molar-refractivity contribution is -0.146. The molecule has 0 aliphatic rings. The molecule has 10 heavy (non-hydrogen) atoms. The molecule has 0 aromatic heterocycles. The molecule has 0 aromatic carbocycles. The first kappa shape index (κ1) is 12.2. The van der Waals surface area contributed by atoms with Crippen molar-refractivity contribution in [2.45, 2.75) is 34.6 Å². The van der Waals surface area contributed by atoms with Crippen molar-refractivity contribution in [2.24, 2.45) is 5.92 Å². The van der Waals surface area contributed by atoms with Gasteiger partial charge in [-0.15, -0.1) is 0 Å². The van der Waals surface area contributed by atoms with Crippen molar-refractivity contribution in [3.8, 4) is 0 Å². The summed E-state index contributed by atoms with van der Waals surface area (Å²) in [6.07, 6.45) is 0. The summed E-state index contributed by atoms with van der Waals surface area (Å²) in [4.78, 5) is 10.5. The number of hydrogen-bond donors (Lipinski definition) is 0. The van der Waals surface area contributed by atoms with Crippen LogP contribution in [0.2, 0.25) is 0 Å². The van der Waals surface area contributed by atoms with Gasteiger partial charge in [-0.1, -0.05) is 27.7 Å². The van der Waals surface area contributed by atoms with Crippen molar-refractivity contribution in [3.05, 3.63) is 0 Å². The molecule has 0 aromatic rings. The lowest BCUT2D eigenvalue weighted by Crippen LogP contribution is -2.10. The Hall–Kier alpha value is -0.530. The molecule has 62 valence electrons. The van der Waals surface area contributed by atoms with Crippen molar-refractivity contribution < 1.29 is 9.53 Å². The number of rotatable bonds is 2. The van der Waals surface area contributed by atoms with Gasteiger partial charge in [-0.2, -0.15) is 0 Å². The number of ether oxygens (including phenoxy) is 1. The molecule has 0 amide bonds. The summed E-state index contributed by atoms with van der Waals surface area (Å²) in [6, 6.07) is 0. The quantitative estimate of drug-likeness (QED) is 0.558. The van der Waals surface area contributed by atoms with E-state index in [2.05, 4.69) is 4.74 Å². The highest BCUT2D eigenvalue weighted by Gasteiger charge is 2.04. The van der Waals surface area contributed by atoms with Crippen LogP contribution in [0.4, 0.5) is 0 Å². The highest BCUT2D eigenvalue weighted by Crippen LogP contribution is 1.93. The van der Waals surface area contributed by atoms with Crippen molar-refractivity contribution in [2.75, 3.05) is 6.61 Å². The maximum atomic E-state index is 10.5. The lowest BCUT2D eigenvalue weighted by Gasteiger charge is -2.01. The zero-order valence-electron chi connectivity index (χ0n) is 7.60. The van der Waals surface area contributed by atoms with Crippen LogP contribution in [0.1, 0.15) is 34.6 Å². The molecule has 0 atom stereocenters. The molecule has 2 heteroatoms. The Bertz CT molecular complexity index is 77.3. The SMILES string of the molecule is CC.CCOC(=O)C(C)C. The molecular formula is C8H18O2. The van der Waals surface area contributed by atoms with Crippen LogP contribution in [0.15, 0.2) is 0 Å². The van der Waals surface area contributed by atoms with Gasteiger partial charge >= 0.3 is 5.97 Å². The van der Waals surface area contributed by atoms with E-state index in [-0.39, 0.29) is 11.9 Å². The summed E-state index contributed by atoms with van der Waals surface area (Å²) < 4.78 is 4.66. The smallest absolute Gasteiger partial charge is 0.308 e. The van der Waals surface area contributed by atoms with Gasteiger partial charge in [0.25, 0.3) is 0 Å². The van der Waals surface area contributed by atoms with E-state index in [0.717, 1.165) is 0 Å². The molecule has 0 spiro atoms. The van der Waals surface area contributed by atoms with E-state index in [1.165, 1.54) is 0 Å². The fourth-order valence-corrected chi connectivity index (χ4v) is 0.309. The normalized spacial score (nSPS) is 8.20. The Morgan fingerprint density at radius 3 is 1.90 bits per heavy atom. The molecule has 0 aliphatic heterocycles. The zero-order valence-corrected chi connectivity index (χ0v) is 7.60. The highest BCUT2D eigenvalue weighted by atomic mass is 16.5. The molecule has 0 fully saturated rings. The molecule has 0 unspecified atom stereocenters. The summed E-state index contributed by atoms with van der Waals surface area (Å²) in [6.45, 7) is 9.92. The Morgan fingerprint density at radius 2 is 1.80 bits per heavy atom. The summed E-state index contributed by atoms with van der Waals surface area (Å²) in [7, 11) is 0. The van der Waals surface area contributed by atoms with Crippen LogP contribution < -0.4 is 0 Å². The molecule has 0 saturated carbocycles. The third-order valence-corrected chi connectivity index (χ3v) is 0.758. The molecule has 0 heterocycles. The minimum Gasteiger partial charge on any atom is -0.466 e. The number of esters is 1. The van der Waals surface area contributed by atoms with E-state index < -0.39 is 0 Å². The van der Waals surface area contributed by atoms with Crippen LogP contribution in [-0.4, -0.2) is 12.6 Å². The van der Waals surface area contributed by atoms with Gasteiger partial charge in [0.1, 0.15) is 0 Å². The van der Waals surface area contributed by atoms with Crippen LogP contribution in [0, 0.1) is 5.92 Å². The number of carbonyl (C=O) groups is 1. The molecule has 2 nitrogen and oxygen atoms in total. The van der Waals surface area contributed by atoms with Gasteiger partial charge < -0.3 is 4.74 Å². The van der Waals surface area contributed by atoms with Crippen LogP contribution in [-0.2, 0) is 9.53 Å². The Kier molecular flexibility index (Phi) is 10.3. The maximum Gasteiger partial charge on any atom is 0.308 e. The van der Waals surface area contributed by atoms with Gasteiger partial charge in [-0.05, 0) is 6.92 Å². The molecule has 0 rings (SSSR count). The Labute approximate surface area is 63.6 Å². The third-order valence-electron chi connectivity index (χ3n) is 0.758. The van der Waals surface area contributed by atoms with Crippen LogP contribution in [0.25, 0.3) is 0 Å². The standard InChI is InChI=1S/C6H12O2.C2H6/c1-4-8-6(7)5(2)3;1-2/h5H,4H2,1-3H3;1-2H3. The van der Waals surface area contributed by atoms with Gasteiger partial charge in [-0.25, -0.2) is 0 Å². The van der Waals surface area contributed by atoms with Crippen LogP contribution in [0.3, 0.4) is 0 Å². The minimum atomic E-state index is -0.118. The second kappa shape index (κ2) is 8.47. The van der Waals surface area contributed by atoms with Crippen molar-refractivity contribution in [1.82, 2.24) is 0 Å². The van der Waals surface area contributed by atoms with Crippen LogP contribution >= 0.6 is 0 Å². The fraction of sp³-hybridized carbons (Fsp3) is 0.875. The predicted octanol–water partition coefficient (Wildman–Crippen LogP) is 2.23. The zero-order chi connectivity index (χ0) is 8.57. The summed E-state index contributed by atoms with van der Waals surface area (Å²) in [5.74, 6) is -0.109. The molecule has 0 radical (unpaired) electrons. The Balaban J connectivity index is 0. The lowest BCUT2D eigenvalue weighted by atomic mass is 10.2. The van der Waals surface area contributed by atoms with Crippen molar-refractivity contribution in [1.29, 1.82) is 0 Å². The molecule has 0 bridgehead atoms. The van der Waals surface area contributed by atoms with E-state index in [0.29, 0.717) is 6.61 Å². The molecule has 0 aliphatic carbocycles. The maximum absolute atomic E-state index is 10.5. The number of hydrogen-bond acceptors (Lipinski definition) is 2. The van der Waals surface area contributed by atoms with Gasteiger partial charge in [0, 0.05) is 0 Å². The average molecular weight is 146 g/mol. The second-order valence-electron chi connectivity index (χ2n) is 1.91.